The fraction of sp³-hybridized carbons (Fsp3) is 0.588. The molecule has 1 saturated heterocycles. The average molecular weight is 303 g/mol. The molecule has 1 fully saturated rings. The third-order valence-corrected chi connectivity index (χ3v) is 4.34. The second-order valence-electron chi connectivity index (χ2n) is 5.77. The van der Waals surface area contributed by atoms with Gasteiger partial charge in [0.2, 0.25) is 0 Å². The molecular formula is C17H23N2O3. The average Bonchev–Trinajstić information content (AvgIpc) is 2.59. The van der Waals surface area contributed by atoms with E-state index < -0.39 is 0 Å². The molecule has 2 aliphatic rings. The van der Waals surface area contributed by atoms with Gasteiger partial charge in [0.15, 0.2) is 17.8 Å². The first-order valence-corrected chi connectivity index (χ1v) is 8.04. The van der Waals surface area contributed by atoms with Gasteiger partial charge in [-0.3, -0.25) is 4.79 Å². The summed E-state index contributed by atoms with van der Waals surface area (Å²) in [5.41, 5.74) is 1.23. The van der Waals surface area contributed by atoms with Gasteiger partial charge in [-0.2, -0.15) is 0 Å². The molecule has 0 aromatic heterocycles. The van der Waals surface area contributed by atoms with Crippen molar-refractivity contribution in [1.29, 1.82) is 0 Å². The van der Waals surface area contributed by atoms with Crippen molar-refractivity contribution >= 4 is 6.29 Å². The number of hydrogen-bond acceptors (Lipinski definition) is 5. The highest BCUT2D eigenvalue weighted by atomic mass is 16.6. The molecule has 0 atom stereocenters. The van der Waals surface area contributed by atoms with Crippen molar-refractivity contribution in [3.63, 3.8) is 0 Å². The zero-order chi connectivity index (χ0) is 15.2. The van der Waals surface area contributed by atoms with Crippen LogP contribution in [0.3, 0.4) is 0 Å². The van der Waals surface area contributed by atoms with E-state index in [1.807, 2.05) is 18.4 Å². The molecule has 0 unspecified atom stereocenters. The van der Waals surface area contributed by atoms with Crippen LogP contribution in [0.5, 0.6) is 11.5 Å². The summed E-state index contributed by atoms with van der Waals surface area (Å²) in [6, 6.07) is 6.14. The van der Waals surface area contributed by atoms with E-state index in [0.29, 0.717) is 19.6 Å². The SMILES string of the molecule is O=[C]CCN1CCN(CCc2cccc3c2OCCO3)CC1. The van der Waals surface area contributed by atoms with E-state index in [-0.39, 0.29) is 0 Å². The highest BCUT2D eigenvalue weighted by Crippen LogP contribution is 2.33. The van der Waals surface area contributed by atoms with Gasteiger partial charge in [0.1, 0.15) is 13.2 Å². The third kappa shape index (κ3) is 3.78. The fourth-order valence-corrected chi connectivity index (χ4v) is 3.05. The minimum atomic E-state index is 0.521. The van der Waals surface area contributed by atoms with E-state index in [9.17, 15) is 4.79 Å². The molecule has 0 bridgehead atoms. The number of hydrogen-bond donors (Lipinski definition) is 0. The van der Waals surface area contributed by atoms with Crippen LogP contribution in [0.1, 0.15) is 12.0 Å². The Kier molecular flexibility index (Phi) is 5.29. The maximum Gasteiger partial charge on any atom is 0.199 e. The van der Waals surface area contributed by atoms with E-state index in [2.05, 4.69) is 15.9 Å². The zero-order valence-corrected chi connectivity index (χ0v) is 12.9. The smallest absolute Gasteiger partial charge is 0.199 e. The van der Waals surface area contributed by atoms with Crippen LogP contribution in [0.25, 0.3) is 0 Å². The summed E-state index contributed by atoms with van der Waals surface area (Å²) in [6.07, 6.45) is 3.47. The summed E-state index contributed by atoms with van der Waals surface area (Å²) in [6.45, 7) is 7.34. The van der Waals surface area contributed by atoms with Crippen LogP contribution in [-0.2, 0) is 11.2 Å². The second-order valence-corrected chi connectivity index (χ2v) is 5.77. The van der Waals surface area contributed by atoms with Gasteiger partial charge in [0.25, 0.3) is 0 Å². The van der Waals surface area contributed by atoms with Crippen LogP contribution < -0.4 is 9.47 Å². The Hall–Kier alpha value is -1.59. The van der Waals surface area contributed by atoms with Crippen LogP contribution in [0.2, 0.25) is 0 Å². The fourth-order valence-electron chi connectivity index (χ4n) is 3.05. The van der Waals surface area contributed by atoms with Gasteiger partial charge in [-0.25, -0.2) is 0 Å². The maximum atomic E-state index is 10.3. The lowest BCUT2D eigenvalue weighted by Crippen LogP contribution is -2.47. The van der Waals surface area contributed by atoms with Gasteiger partial charge >= 0.3 is 0 Å². The summed E-state index contributed by atoms with van der Waals surface area (Å²) < 4.78 is 11.4. The van der Waals surface area contributed by atoms with Gasteiger partial charge in [-0.1, -0.05) is 12.1 Å². The number of rotatable bonds is 6. The lowest BCUT2D eigenvalue weighted by atomic mass is 10.1. The standard InChI is InChI=1S/C17H23N2O3/c20-12-2-6-18-8-10-19(11-9-18)7-5-15-3-1-4-16-17(15)22-14-13-21-16/h1,3-4H,2,5-11,13-14H2. The number of ether oxygens (including phenoxy) is 2. The first-order valence-electron chi connectivity index (χ1n) is 8.04. The summed E-state index contributed by atoms with van der Waals surface area (Å²) >= 11 is 0. The van der Waals surface area contributed by atoms with E-state index in [0.717, 1.165) is 57.2 Å². The lowest BCUT2D eigenvalue weighted by Gasteiger charge is -2.34. The minimum Gasteiger partial charge on any atom is -0.486 e. The highest BCUT2D eigenvalue weighted by Gasteiger charge is 2.19. The molecule has 0 saturated carbocycles. The molecular weight excluding hydrogens is 280 g/mol. The van der Waals surface area contributed by atoms with Gasteiger partial charge in [0, 0.05) is 45.7 Å². The van der Waals surface area contributed by atoms with Crippen molar-refractivity contribution in [2.75, 3.05) is 52.5 Å². The molecule has 5 heteroatoms. The highest BCUT2D eigenvalue weighted by molar-refractivity contribution is 5.50. The van der Waals surface area contributed by atoms with Crippen molar-refractivity contribution in [1.82, 2.24) is 9.80 Å². The van der Waals surface area contributed by atoms with Crippen LogP contribution >= 0.6 is 0 Å². The van der Waals surface area contributed by atoms with E-state index in [1.165, 1.54) is 5.56 Å². The number of piperazine rings is 1. The molecule has 3 rings (SSSR count). The first kappa shape index (κ1) is 15.3. The normalized spacial score (nSPS) is 19.1. The largest absolute Gasteiger partial charge is 0.486 e. The van der Waals surface area contributed by atoms with Gasteiger partial charge in [-0.15, -0.1) is 0 Å². The van der Waals surface area contributed by atoms with Crippen molar-refractivity contribution in [3.8, 4) is 11.5 Å². The van der Waals surface area contributed by atoms with Gasteiger partial charge < -0.3 is 19.3 Å². The quantitative estimate of drug-likeness (QED) is 0.788. The zero-order valence-electron chi connectivity index (χ0n) is 12.9. The summed E-state index contributed by atoms with van der Waals surface area (Å²) in [4.78, 5) is 15.1. The Labute approximate surface area is 131 Å². The Morgan fingerprint density at radius 2 is 1.73 bits per heavy atom. The molecule has 5 nitrogen and oxygen atoms in total. The van der Waals surface area contributed by atoms with Crippen LogP contribution in [0.15, 0.2) is 18.2 Å². The molecule has 119 valence electrons. The number of nitrogens with zero attached hydrogens (tertiary/aromatic N) is 2. The molecule has 22 heavy (non-hydrogen) atoms. The Bertz CT molecular complexity index is 499. The molecule has 2 aliphatic heterocycles. The van der Waals surface area contributed by atoms with Crippen LogP contribution in [0.4, 0.5) is 0 Å². The van der Waals surface area contributed by atoms with Crippen molar-refractivity contribution in [2.45, 2.75) is 12.8 Å². The first-order chi connectivity index (χ1) is 10.9. The number of carbonyl (C=O) groups excluding carboxylic acids is 1. The molecule has 0 spiro atoms. The molecule has 1 radical (unpaired) electrons. The van der Waals surface area contributed by atoms with E-state index >= 15 is 0 Å². The van der Waals surface area contributed by atoms with Crippen LogP contribution in [0, 0.1) is 0 Å². The Morgan fingerprint density at radius 3 is 2.50 bits per heavy atom. The van der Waals surface area contributed by atoms with Crippen molar-refractivity contribution in [3.05, 3.63) is 23.8 Å². The van der Waals surface area contributed by atoms with Crippen molar-refractivity contribution < 1.29 is 14.3 Å². The number of para-hydroxylation sites is 1. The second kappa shape index (κ2) is 7.61. The molecule has 0 aliphatic carbocycles. The van der Waals surface area contributed by atoms with Crippen LogP contribution in [-0.4, -0.2) is 68.6 Å². The predicted molar refractivity (Wildman–Crippen MR) is 84.3 cm³/mol. The number of benzene rings is 1. The number of fused-ring (bicyclic) bond motifs is 1. The lowest BCUT2D eigenvalue weighted by molar-refractivity contribution is 0.135. The Balaban J connectivity index is 1.49. The van der Waals surface area contributed by atoms with Gasteiger partial charge in [0.05, 0.1) is 0 Å². The third-order valence-electron chi connectivity index (χ3n) is 4.34. The Morgan fingerprint density at radius 1 is 1.00 bits per heavy atom. The molecule has 1 aromatic rings. The predicted octanol–water partition coefficient (Wildman–Crippen LogP) is 1.12. The maximum absolute atomic E-state index is 10.3. The van der Waals surface area contributed by atoms with Gasteiger partial charge in [-0.05, 0) is 18.1 Å². The molecule has 0 amide bonds. The molecule has 0 N–H and O–H groups in total. The monoisotopic (exact) mass is 303 g/mol. The topological polar surface area (TPSA) is 42.0 Å². The summed E-state index contributed by atoms with van der Waals surface area (Å²) in [7, 11) is 0. The minimum absolute atomic E-state index is 0.521. The molecule has 2 heterocycles. The summed E-state index contributed by atoms with van der Waals surface area (Å²) in [5, 5.41) is 0. The van der Waals surface area contributed by atoms with E-state index in [1.54, 1.807) is 0 Å². The molecule has 1 aromatic carbocycles. The van der Waals surface area contributed by atoms with E-state index in [4.69, 9.17) is 9.47 Å². The van der Waals surface area contributed by atoms with Crippen molar-refractivity contribution in [2.24, 2.45) is 0 Å². The summed E-state index contributed by atoms with van der Waals surface area (Å²) in [5.74, 6) is 1.80.